The normalized spacial score (nSPS) is 16.2. The number of aryl methyl sites for hydroxylation is 2. The predicted molar refractivity (Wildman–Crippen MR) is 104 cm³/mol. The van der Waals surface area contributed by atoms with Crippen LogP contribution in [0.15, 0.2) is 50.2 Å². The quantitative estimate of drug-likeness (QED) is 0.648. The molecule has 5 nitrogen and oxygen atoms in total. The van der Waals surface area contributed by atoms with Gasteiger partial charge in [-0.25, -0.2) is 4.79 Å². The van der Waals surface area contributed by atoms with E-state index in [1.165, 1.54) is 31.5 Å². The summed E-state index contributed by atoms with van der Waals surface area (Å²) >= 11 is 0. The molecule has 5 heteroatoms. The Morgan fingerprint density at radius 2 is 1.93 bits per heavy atom. The van der Waals surface area contributed by atoms with Crippen LogP contribution in [-0.4, -0.2) is 19.6 Å². The van der Waals surface area contributed by atoms with E-state index in [0.717, 1.165) is 35.4 Å². The molecule has 1 aliphatic rings. The first-order valence-electron chi connectivity index (χ1n) is 9.85. The van der Waals surface area contributed by atoms with Crippen LogP contribution in [0.4, 0.5) is 0 Å². The van der Waals surface area contributed by atoms with Crippen LogP contribution in [0, 0.1) is 13.8 Å². The zero-order valence-corrected chi connectivity index (χ0v) is 16.1. The molecule has 0 radical (unpaired) electrons. The molecular weight excluding hydrogens is 340 g/mol. The minimum Gasteiger partial charge on any atom is -0.463 e. The topological polar surface area (TPSA) is 64.4 Å². The van der Waals surface area contributed by atoms with E-state index in [9.17, 15) is 4.79 Å². The molecule has 27 heavy (non-hydrogen) atoms. The van der Waals surface area contributed by atoms with Crippen LogP contribution in [0.1, 0.15) is 41.3 Å². The Kier molecular flexibility index (Phi) is 5.14. The zero-order valence-electron chi connectivity index (χ0n) is 16.1. The lowest BCUT2D eigenvalue weighted by atomic mass is 10.0. The summed E-state index contributed by atoms with van der Waals surface area (Å²) in [6.07, 6.45) is 4.34. The number of hydrogen-bond donors (Lipinski definition) is 2. The highest BCUT2D eigenvalue weighted by molar-refractivity contribution is 5.81. The van der Waals surface area contributed by atoms with Crippen molar-refractivity contribution in [3.05, 3.63) is 69.5 Å². The van der Waals surface area contributed by atoms with Crippen molar-refractivity contribution in [2.45, 2.75) is 39.3 Å². The molecule has 1 aliphatic heterocycles. The van der Waals surface area contributed by atoms with Gasteiger partial charge in [-0.2, -0.15) is 0 Å². The summed E-state index contributed by atoms with van der Waals surface area (Å²) in [4.78, 5) is 13.6. The molecule has 3 heterocycles. The third-order valence-corrected chi connectivity index (χ3v) is 5.84. The van der Waals surface area contributed by atoms with Gasteiger partial charge in [0.2, 0.25) is 0 Å². The smallest absolute Gasteiger partial charge is 0.336 e. The second-order valence-electron chi connectivity index (χ2n) is 7.69. The number of nitrogens with one attached hydrogen (secondary N) is 1. The van der Waals surface area contributed by atoms with E-state index in [0.29, 0.717) is 11.6 Å². The van der Waals surface area contributed by atoms with Gasteiger partial charge in [-0.05, 0) is 49.2 Å². The van der Waals surface area contributed by atoms with E-state index in [-0.39, 0.29) is 5.63 Å². The van der Waals surface area contributed by atoms with Gasteiger partial charge < -0.3 is 19.1 Å². The molecule has 0 saturated carbocycles. The average molecular weight is 368 g/mol. The van der Waals surface area contributed by atoms with Gasteiger partial charge in [0.1, 0.15) is 18.7 Å². The van der Waals surface area contributed by atoms with Gasteiger partial charge >= 0.3 is 5.63 Å². The number of hydrogen-bond acceptors (Lipinski definition) is 3. The first-order chi connectivity index (χ1) is 13.1. The summed E-state index contributed by atoms with van der Waals surface area (Å²) in [7, 11) is 0. The summed E-state index contributed by atoms with van der Waals surface area (Å²) in [5, 5.41) is 3.33. The molecule has 3 aromatic rings. The van der Waals surface area contributed by atoms with Crippen molar-refractivity contribution in [3.8, 4) is 0 Å². The lowest BCUT2D eigenvalue weighted by Crippen LogP contribution is -3.13. The number of likely N-dealkylation sites (tertiary alicyclic amines) is 1. The molecule has 0 amide bonds. The van der Waals surface area contributed by atoms with Gasteiger partial charge in [-0.3, -0.25) is 0 Å². The molecule has 0 bridgehead atoms. The van der Waals surface area contributed by atoms with Crippen LogP contribution in [0.5, 0.6) is 0 Å². The Morgan fingerprint density at radius 3 is 2.67 bits per heavy atom. The monoisotopic (exact) mass is 368 g/mol. The van der Waals surface area contributed by atoms with E-state index in [1.54, 1.807) is 17.2 Å². The fourth-order valence-corrected chi connectivity index (χ4v) is 4.21. The van der Waals surface area contributed by atoms with Crippen LogP contribution < -0.4 is 15.8 Å². The molecule has 1 aromatic carbocycles. The summed E-state index contributed by atoms with van der Waals surface area (Å²) < 4.78 is 11.1. The Balaban J connectivity index is 1.54. The molecule has 0 unspecified atom stereocenters. The Bertz CT molecular complexity index is 969. The number of benzene rings is 1. The molecule has 4 rings (SSSR count). The Morgan fingerprint density at radius 1 is 1.15 bits per heavy atom. The van der Waals surface area contributed by atoms with Crippen molar-refractivity contribution in [2.75, 3.05) is 19.6 Å². The molecule has 1 saturated heterocycles. The zero-order chi connectivity index (χ0) is 18.8. The predicted octanol–water partition coefficient (Wildman–Crippen LogP) is 1.49. The highest BCUT2D eigenvalue weighted by Crippen LogP contribution is 2.21. The third-order valence-electron chi connectivity index (χ3n) is 5.84. The largest absolute Gasteiger partial charge is 0.463 e. The van der Waals surface area contributed by atoms with Crippen molar-refractivity contribution in [1.82, 2.24) is 0 Å². The van der Waals surface area contributed by atoms with Gasteiger partial charge in [0.25, 0.3) is 0 Å². The van der Waals surface area contributed by atoms with Crippen LogP contribution in [0.3, 0.4) is 0 Å². The minimum absolute atomic E-state index is 0.276. The summed E-state index contributed by atoms with van der Waals surface area (Å²) in [5.74, 6) is 1.06. The highest BCUT2D eigenvalue weighted by Gasteiger charge is 2.30. The average Bonchev–Trinajstić information content (AvgIpc) is 3.34. The van der Waals surface area contributed by atoms with Crippen molar-refractivity contribution in [1.29, 1.82) is 0 Å². The number of rotatable bonds is 6. The minimum atomic E-state index is -0.276. The summed E-state index contributed by atoms with van der Waals surface area (Å²) in [6, 6.07) is 10.2. The number of fused-ring (bicyclic) bond motifs is 1. The maximum absolute atomic E-state index is 12.0. The lowest BCUT2D eigenvalue weighted by Gasteiger charge is -2.21. The molecule has 3 N–H and O–H groups in total. The third kappa shape index (κ3) is 3.84. The Labute approximate surface area is 159 Å². The van der Waals surface area contributed by atoms with Crippen molar-refractivity contribution < 1.29 is 19.1 Å². The van der Waals surface area contributed by atoms with Crippen LogP contribution in [-0.2, 0) is 6.54 Å². The van der Waals surface area contributed by atoms with E-state index in [4.69, 9.17) is 8.83 Å². The molecular formula is C22H28N2O3+2. The van der Waals surface area contributed by atoms with Gasteiger partial charge in [-0.1, -0.05) is 0 Å². The first kappa shape index (κ1) is 18.0. The summed E-state index contributed by atoms with van der Waals surface area (Å²) in [6.45, 7) is 8.24. The van der Waals surface area contributed by atoms with Gasteiger partial charge in [0.15, 0.2) is 11.8 Å². The van der Waals surface area contributed by atoms with Gasteiger partial charge in [-0.15, -0.1) is 0 Å². The van der Waals surface area contributed by atoms with Crippen LogP contribution >= 0.6 is 0 Å². The summed E-state index contributed by atoms with van der Waals surface area (Å²) in [5.41, 5.74) is 3.80. The number of furan rings is 1. The standard InChI is InChI=1S/C22H26N2O3/c1-15-10-18-17(12-22(25)27-21(18)11-16(15)2)13-23-14-19(20-6-5-9-26-20)24-7-3-4-8-24/h5-6,9-12,19,23H,3-4,7-8,13-14H2,1-2H3/p+2/t19-/m1/s1. The van der Waals surface area contributed by atoms with E-state index >= 15 is 0 Å². The first-order valence-corrected chi connectivity index (χ1v) is 9.85. The fourth-order valence-electron chi connectivity index (χ4n) is 4.21. The molecule has 2 aromatic heterocycles. The van der Waals surface area contributed by atoms with E-state index in [1.807, 2.05) is 19.1 Å². The van der Waals surface area contributed by atoms with Crippen molar-refractivity contribution >= 4 is 11.0 Å². The SMILES string of the molecule is Cc1cc2oc(=O)cc(C[NH2+]C[C@H](c3ccco3)[NH+]3CCCC3)c2cc1C. The van der Waals surface area contributed by atoms with Gasteiger partial charge in [0.05, 0.1) is 19.4 Å². The number of quaternary nitrogens is 2. The van der Waals surface area contributed by atoms with Crippen molar-refractivity contribution in [3.63, 3.8) is 0 Å². The Hall–Kier alpha value is -2.37. The highest BCUT2D eigenvalue weighted by atomic mass is 16.4. The van der Waals surface area contributed by atoms with E-state index in [2.05, 4.69) is 24.4 Å². The second-order valence-corrected chi connectivity index (χ2v) is 7.69. The van der Waals surface area contributed by atoms with Crippen LogP contribution in [0.2, 0.25) is 0 Å². The van der Waals surface area contributed by atoms with E-state index < -0.39 is 0 Å². The molecule has 0 spiro atoms. The maximum Gasteiger partial charge on any atom is 0.336 e. The molecule has 142 valence electrons. The second kappa shape index (κ2) is 7.71. The maximum atomic E-state index is 12.0. The molecule has 1 fully saturated rings. The lowest BCUT2D eigenvalue weighted by molar-refractivity contribution is -0.936. The number of nitrogens with two attached hydrogens (primary N) is 1. The van der Waals surface area contributed by atoms with Crippen LogP contribution in [0.25, 0.3) is 11.0 Å². The van der Waals surface area contributed by atoms with Crippen molar-refractivity contribution in [2.24, 2.45) is 0 Å². The fraction of sp³-hybridized carbons (Fsp3) is 0.409. The molecule has 0 aliphatic carbocycles. The van der Waals surface area contributed by atoms with Gasteiger partial charge in [0, 0.05) is 29.9 Å². The molecule has 1 atom stereocenters.